The first kappa shape index (κ1) is 22.7. The Labute approximate surface area is 209 Å². The van der Waals surface area contributed by atoms with Gasteiger partial charge in [-0.1, -0.05) is 37.3 Å². The molecule has 2 aromatic carbocycles. The molecule has 2 heterocycles. The Morgan fingerprint density at radius 3 is 2.33 bits per heavy atom. The number of fused-ring (bicyclic) bond motifs is 5. The first-order valence-corrected chi connectivity index (χ1v) is 12.6. The van der Waals surface area contributed by atoms with Gasteiger partial charge in [-0.2, -0.15) is 0 Å². The molecule has 0 aromatic heterocycles. The van der Waals surface area contributed by atoms with E-state index in [9.17, 15) is 19.2 Å². The Balaban J connectivity index is 1.16. The maximum absolute atomic E-state index is 13.2. The molecule has 5 atom stereocenters. The van der Waals surface area contributed by atoms with Crippen LogP contribution in [0, 0.1) is 36.5 Å². The molecule has 2 aromatic rings. The summed E-state index contributed by atoms with van der Waals surface area (Å²) in [6.07, 6.45) is 5.93. The van der Waals surface area contributed by atoms with Crippen molar-refractivity contribution in [2.24, 2.45) is 29.6 Å². The topological polar surface area (TPSA) is 84.0 Å². The second kappa shape index (κ2) is 8.43. The molecular weight excluding hydrogens is 456 g/mol. The van der Waals surface area contributed by atoms with Crippen LogP contribution in [0.15, 0.2) is 54.6 Å². The van der Waals surface area contributed by atoms with Crippen LogP contribution >= 0.6 is 0 Å². The van der Waals surface area contributed by atoms with E-state index < -0.39 is 11.9 Å². The van der Waals surface area contributed by atoms with Gasteiger partial charge in [-0.25, -0.2) is 4.90 Å². The molecule has 3 fully saturated rings. The molecular formula is C29H28N2O5. The second-order valence-electron chi connectivity index (χ2n) is 10.3. The van der Waals surface area contributed by atoms with E-state index in [1.165, 1.54) is 4.90 Å². The minimum Gasteiger partial charge on any atom is -0.426 e. The number of ether oxygens (including phenoxy) is 1. The zero-order valence-electron chi connectivity index (χ0n) is 20.3. The number of allylic oxidation sites excluding steroid dienone is 2. The fourth-order valence-electron chi connectivity index (χ4n) is 6.45. The Bertz CT molecular complexity index is 1300. The summed E-state index contributed by atoms with van der Waals surface area (Å²) in [6.45, 7) is 4.12. The number of esters is 1. The van der Waals surface area contributed by atoms with Gasteiger partial charge in [-0.15, -0.1) is 0 Å². The average molecular weight is 485 g/mol. The summed E-state index contributed by atoms with van der Waals surface area (Å²) >= 11 is 0. The lowest BCUT2D eigenvalue weighted by molar-refractivity contribution is -0.139. The maximum Gasteiger partial charge on any atom is 0.316 e. The van der Waals surface area contributed by atoms with Gasteiger partial charge in [-0.05, 0) is 67.0 Å². The highest BCUT2D eigenvalue weighted by molar-refractivity contribution is 6.23. The number of nitrogens with zero attached hydrogens (tertiary/aromatic N) is 2. The van der Waals surface area contributed by atoms with E-state index in [0.717, 1.165) is 24.1 Å². The molecule has 0 unspecified atom stereocenters. The molecule has 6 rings (SSSR count). The van der Waals surface area contributed by atoms with E-state index in [1.807, 2.05) is 31.2 Å². The van der Waals surface area contributed by atoms with Gasteiger partial charge in [0.2, 0.25) is 17.7 Å². The molecule has 0 radical (unpaired) electrons. The Hall–Kier alpha value is -3.74. The number of rotatable bonds is 5. The summed E-state index contributed by atoms with van der Waals surface area (Å²) in [5.74, 6) is -1.26. The molecule has 1 saturated carbocycles. The second-order valence-corrected chi connectivity index (χ2v) is 10.3. The molecule has 2 saturated heterocycles. The number of anilines is 2. The van der Waals surface area contributed by atoms with Crippen molar-refractivity contribution in [3.8, 4) is 5.75 Å². The monoisotopic (exact) mass is 484 g/mol. The molecule has 3 amide bonds. The van der Waals surface area contributed by atoms with Crippen LogP contribution in [0.1, 0.15) is 30.9 Å². The average Bonchev–Trinajstić information content (AvgIpc) is 3.63. The normalized spacial score (nSPS) is 28.4. The van der Waals surface area contributed by atoms with Crippen molar-refractivity contribution >= 4 is 35.1 Å². The third-order valence-electron chi connectivity index (χ3n) is 8.22. The Morgan fingerprint density at radius 2 is 1.67 bits per heavy atom. The summed E-state index contributed by atoms with van der Waals surface area (Å²) in [5, 5.41) is 0. The van der Waals surface area contributed by atoms with Crippen LogP contribution in [0.4, 0.5) is 11.4 Å². The van der Waals surface area contributed by atoms with Crippen molar-refractivity contribution in [1.82, 2.24) is 0 Å². The predicted molar refractivity (Wildman–Crippen MR) is 133 cm³/mol. The SMILES string of the molecule is CCc1ccccc1N1C[C@H](C(=O)Oc2ccc(N3C(=O)[C@@H]4[C@H](C3=O)[C@H]3C=C[C@H]4C3)c(C)c2)CC1=O. The molecule has 4 aliphatic rings. The van der Waals surface area contributed by atoms with Crippen LogP contribution in [0.3, 0.4) is 0 Å². The van der Waals surface area contributed by atoms with E-state index in [4.69, 9.17) is 4.74 Å². The van der Waals surface area contributed by atoms with Crippen LogP contribution in [-0.2, 0) is 25.6 Å². The maximum atomic E-state index is 13.2. The number of benzene rings is 2. The summed E-state index contributed by atoms with van der Waals surface area (Å²) in [4.78, 5) is 54.9. The van der Waals surface area contributed by atoms with Crippen molar-refractivity contribution in [1.29, 1.82) is 0 Å². The van der Waals surface area contributed by atoms with Gasteiger partial charge in [0.15, 0.2) is 0 Å². The largest absolute Gasteiger partial charge is 0.426 e. The number of hydrogen-bond acceptors (Lipinski definition) is 5. The van der Waals surface area contributed by atoms with Crippen molar-refractivity contribution in [3.63, 3.8) is 0 Å². The number of aryl methyl sites for hydroxylation is 2. The molecule has 0 N–H and O–H groups in total. The molecule has 184 valence electrons. The highest BCUT2D eigenvalue weighted by Gasteiger charge is 2.59. The summed E-state index contributed by atoms with van der Waals surface area (Å²) < 4.78 is 5.64. The zero-order valence-corrected chi connectivity index (χ0v) is 20.3. The van der Waals surface area contributed by atoms with Crippen LogP contribution in [0.5, 0.6) is 5.75 Å². The highest BCUT2D eigenvalue weighted by Crippen LogP contribution is 2.53. The van der Waals surface area contributed by atoms with E-state index in [-0.39, 0.29) is 54.4 Å². The standard InChI is InChI=1S/C29H28N2O5/c1-3-17-6-4-5-7-23(17)30-15-20(14-24(30)32)29(35)36-21-10-11-22(16(2)12-21)31-27(33)25-18-8-9-19(13-18)26(25)28(31)34/h4-12,18-20,25-26H,3,13-15H2,1-2H3/t18-,19-,20+,25-,26+/m0/s1. The van der Waals surface area contributed by atoms with Gasteiger partial charge in [0.25, 0.3) is 0 Å². The lowest BCUT2D eigenvalue weighted by Crippen LogP contribution is -2.33. The lowest BCUT2D eigenvalue weighted by Gasteiger charge is -2.20. The number of para-hydroxylation sites is 1. The van der Waals surface area contributed by atoms with Crippen molar-refractivity contribution in [2.45, 2.75) is 33.1 Å². The highest BCUT2D eigenvalue weighted by atomic mass is 16.5. The summed E-state index contributed by atoms with van der Waals surface area (Å²) in [6, 6.07) is 12.7. The number of amides is 3. The van der Waals surface area contributed by atoms with Gasteiger partial charge < -0.3 is 9.64 Å². The molecule has 7 nitrogen and oxygen atoms in total. The third-order valence-corrected chi connectivity index (χ3v) is 8.22. The molecule has 2 aliphatic carbocycles. The summed E-state index contributed by atoms with van der Waals surface area (Å²) in [7, 11) is 0. The van der Waals surface area contributed by atoms with Gasteiger partial charge >= 0.3 is 5.97 Å². The van der Waals surface area contributed by atoms with Gasteiger partial charge in [-0.3, -0.25) is 19.2 Å². The molecule has 0 spiro atoms. The molecule has 2 bridgehead atoms. The number of hydrogen-bond donors (Lipinski definition) is 0. The van der Waals surface area contributed by atoms with Crippen LogP contribution in [0.2, 0.25) is 0 Å². The van der Waals surface area contributed by atoms with Crippen molar-refractivity contribution < 1.29 is 23.9 Å². The Kier molecular flexibility index (Phi) is 5.32. The predicted octanol–water partition coefficient (Wildman–Crippen LogP) is 3.83. The van der Waals surface area contributed by atoms with E-state index in [1.54, 1.807) is 30.0 Å². The molecule has 7 heteroatoms. The van der Waals surface area contributed by atoms with Gasteiger partial charge in [0.05, 0.1) is 23.4 Å². The van der Waals surface area contributed by atoms with Crippen molar-refractivity contribution in [2.75, 3.05) is 16.3 Å². The number of carbonyl (C=O) groups excluding carboxylic acids is 4. The third kappa shape index (κ3) is 3.40. The first-order chi connectivity index (χ1) is 17.4. The molecule has 36 heavy (non-hydrogen) atoms. The smallest absolute Gasteiger partial charge is 0.316 e. The van der Waals surface area contributed by atoms with E-state index in [2.05, 4.69) is 12.2 Å². The minimum atomic E-state index is -0.563. The quantitative estimate of drug-likeness (QED) is 0.279. The molecule has 2 aliphatic heterocycles. The van der Waals surface area contributed by atoms with E-state index in [0.29, 0.717) is 17.0 Å². The van der Waals surface area contributed by atoms with Crippen LogP contribution in [-0.4, -0.2) is 30.2 Å². The minimum absolute atomic E-state index is 0.0931. The fourth-order valence-corrected chi connectivity index (χ4v) is 6.45. The fraction of sp³-hybridized carbons (Fsp3) is 0.379. The number of imide groups is 1. The van der Waals surface area contributed by atoms with Crippen molar-refractivity contribution in [3.05, 3.63) is 65.7 Å². The van der Waals surface area contributed by atoms with E-state index >= 15 is 0 Å². The lowest BCUT2D eigenvalue weighted by atomic mass is 9.85. The Morgan fingerprint density at radius 1 is 0.972 bits per heavy atom. The number of carbonyl (C=O) groups is 4. The first-order valence-electron chi connectivity index (χ1n) is 12.6. The summed E-state index contributed by atoms with van der Waals surface area (Å²) in [5.41, 5.74) is 3.12. The van der Waals surface area contributed by atoms with Crippen LogP contribution < -0.4 is 14.5 Å². The zero-order chi connectivity index (χ0) is 25.1. The van der Waals surface area contributed by atoms with Gasteiger partial charge in [0, 0.05) is 18.7 Å². The van der Waals surface area contributed by atoms with Crippen LogP contribution in [0.25, 0.3) is 0 Å². The van der Waals surface area contributed by atoms with Gasteiger partial charge in [0.1, 0.15) is 5.75 Å².